The molecule has 2 aliphatic rings. The lowest BCUT2D eigenvalue weighted by Crippen LogP contribution is -2.49. The van der Waals surface area contributed by atoms with Gasteiger partial charge in [0, 0.05) is 11.8 Å². The lowest BCUT2D eigenvalue weighted by atomic mass is 9.83. The van der Waals surface area contributed by atoms with E-state index in [9.17, 15) is 4.79 Å². The minimum absolute atomic E-state index is 0.185. The zero-order valence-electron chi connectivity index (χ0n) is 9.61. The first-order valence-corrected chi connectivity index (χ1v) is 6.99. The normalized spacial score (nSPS) is 38.9. The number of carbonyl (C=O) groups excluding carboxylic acids is 1. The molecule has 0 aromatic heterocycles. The summed E-state index contributed by atoms with van der Waals surface area (Å²) in [4.78, 5) is 11.9. The van der Waals surface area contributed by atoms with Gasteiger partial charge in [-0.05, 0) is 25.5 Å². The van der Waals surface area contributed by atoms with Crippen LogP contribution in [0.3, 0.4) is 0 Å². The van der Waals surface area contributed by atoms with Crippen LogP contribution in [0.4, 0.5) is 0 Å². The molecular formula is C11H19NO3S. The molecule has 3 atom stereocenters. The van der Waals surface area contributed by atoms with Crippen LogP contribution in [0.15, 0.2) is 0 Å². The standard InChI is InChI=1S/C11H19NO3S/c1-2-14-10(13)9-8(12)6-15-11(9)4-3-5-16-7-11/h8-9H,2-7,12H2,1H3. The fraction of sp³-hybridized carbons (Fsp3) is 0.909. The average Bonchev–Trinajstić information content (AvgIpc) is 2.57. The summed E-state index contributed by atoms with van der Waals surface area (Å²) in [5, 5.41) is 0. The monoisotopic (exact) mass is 245 g/mol. The maximum absolute atomic E-state index is 11.9. The van der Waals surface area contributed by atoms with Gasteiger partial charge in [0.1, 0.15) is 5.92 Å². The van der Waals surface area contributed by atoms with Gasteiger partial charge in [-0.3, -0.25) is 4.79 Å². The third-order valence-electron chi connectivity index (χ3n) is 3.33. The maximum atomic E-state index is 11.9. The van der Waals surface area contributed by atoms with E-state index in [0.29, 0.717) is 13.2 Å². The molecule has 1 spiro atoms. The first-order valence-electron chi connectivity index (χ1n) is 5.83. The second-order valence-corrected chi connectivity index (χ2v) is 5.53. The van der Waals surface area contributed by atoms with Crippen molar-refractivity contribution in [1.82, 2.24) is 0 Å². The van der Waals surface area contributed by atoms with Gasteiger partial charge in [0.25, 0.3) is 0 Å². The lowest BCUT2D eigenvalue weighted by molar-refractivity contribution is -0.154. The van der Waals surface area contributed by atoms with Crippen LogP contribution >= 0.6 is 11.8 Å². The van der Waals surface area contributed by atoms with Gasteiger partial charge in [-0.2, -0.15) is 11.8 Å². The van der Waals surface area contributed by atoms with Gasteiger partial charge >= 0.3 is 5.97 Å². The van der Waals surface area contributed by atoms with Gasteiger partial charge in [0.05, 0.1) is 18.8 Å². The van der Waals surface area contributed by atoms with Crippen LogP contribution < -0.4 is 5.73 Å². The smallest absolute Gasteiger partial charge is 0.313 e. The molecule has 2 rings (SSSR count). The van der Waals surface area contributed by atoms with Crippen molar-refractivity contribution in [2.45, 2.75) is 31.4 Å². The second kappa shape index (κ2) is 4.94. The Balaban J connectivity index is 2.14. The maximum Gasteiger partial charge on any atom is 0.313 e. The number of hydrogen-bond acceptors (Lipinski definition) is 5. The Hall–Kier alpha value is -0.260. The quantitative estimate of drug-likeness (QED) is 0.729. The van der Waals surface area contributed by atoms with E-state index in [0.717, 1.165) is 24.3 Å². The molecule has 2 aliphatic heterocycles. The van der Waals surface area contributed by atoms with Crippen molar-refractivity contribution in [3.63, 3.8) is 0 Å². The summed E-state index contributed by atoms with van der Waals surface area (Å²) < 4.78 is 10.9. The van der Waals surface area contributed by atoms with Crippen LogP contribution in [0.2, 0.25) is 0 Å². The number of rotatable bonds is 2. The molecule has 2 saturated heterocycles. The highest BCUT2D eigenvalue weighted by Crippen LogP contribution is 2.42. The topological polar surface area (TPSA) is 61.5 Å². The molecule has 0 bridgehead atoms. The zero-order chi connectivity index (χ0) is 11.6. The van der Waals surface area contributed by atoms with E-state index in [1.54, 1.807) is 0 Å². The van der Waals surface area contributed by atoms with E-state index in [4.69, 9.17) is 15.2 Å². The van der Waals surface area contributed by atoms with E-state index in [-0.39, 0.29) is 23.5 Å². The third kappa shape index (κ3) is 2.08. The van der Waals surface area contributed by atoms with Crippen LogP contribution in [0, 0.1) is 5.92 Å². The van der Waals surface area contributed by atoms with Gasteiger partial charge in [0.15, 0.2) is 0 Å². The van der Waals surface area contributed by atoms with Gasteiger partial charge in [-0.15, -0.1) is 0 Å². The van der Waals surface area contributed by atoms with Crippen molar-refractivity contribution in [3.05, 3.63) is 0 Å². The number of carbonyl (C=O) groups is 1. The Morgan fingerprint density at radius 3 is 3.12 bits per heavy atom. The predicted octanol–water partition coefficient (Wildman–Crippen LogP) is 0.789. The molecule has 5 heteroatoms. The first kappa shape index (κ1) is 12.2. The van der Waals surface area contributed by atoms with Crippen molar-refractivity contribution in [2.75, 3.05) is 24.7 Å². The highest BCUT2D eigenvalue weighted by Gasteiger charge is 2.53. The Bertz CT molecular complexity index is 260. The van der Waals surface area contributed by atoms with Crippen LogP contribution in [-0.2, 0) is 14.3 Å². The van der Waals surface area contributed by atoms with Gasteiger partial charge in [-0.25, -0.2) is 0 Å². The highest BCUT2D eigenvalue weighted by molar-refractivity contribution is 7.99. The number of esters is 1. The molecule has 0 aromatic carbocycles. The van der Waals surface area contributed by atoms with Gasteiger partial charge in [-0.1, -0.05) is 0 Å². The van der Waals surface area contributed by atoms with E-state index in [2.05, 4.69) is 0 Å². The molecule has 0 amide bonds. The first-order chi connectivity index (χ1) is 7.69. The largest absolute Gasteiger partial charge is 0.466 e. The number of hydrogen-bond donors (Lipinski definition) is 1. The van der Waals surface area contributed by atoms with Gasteiger partial charge in [0.2, 0.25) is 0 Å². The van der Waals surface area contributed by atoms with Crippen molar-refractivity contribution in [2.24, 2.45) is 11.7 Å². The average molecular weight is 245 g/mol. The summed E-state index contributed by atoms with van der Waals surface area (Å²) in [7, 11) is 0. The summed E-state index contributed by atoms with van der Waals surface area (Å²) in [5.41, 5.74) is 5.63. The highest BCUT2D eigenvalue weighted by atomic mass is 32.2. The second-order valence-electron chi connectivity index (χ2n) is 4.43. The summed E-state index contributed by atoms with van der Waals surface area (Å²) in [6.45, 7) is 2.71. The van der Waals surface area contributed by atoms with Crippen LogP contribution in [0.5, 0.6) is 0 Å². The minimum atomic E-state index is -0.353. The minimum Gasteiger partial charge on any atom is -0.466 e. The van der Waals surface area contributed by atoms with Crippen molar-refractivity contribution >= 4 is 17.7 Å². The molecule has 92 valence electrons. The summed E-state index contributed by atoms with van der Waals surface area (Å²) >= 11 is 1.84. The van der Waals surface area contributed by atoms with E-state index in [1.807, 2.05) is 18.7 Å². The predicted molar refractivity (Wildman–Crippen MR) is 63.3 cm³/mol. The number of thioether (sulfide) groups is 1. The number of ether oxygens (including phenoxy) is 2. The molecule has 2 heterocycles. The Labute approximate surface area is 100 Å². The SMILES string of the molecule is CCOC(=O)C1C(N)COC12CCCSC2. The van der Waals surface area contributed by atoms with Crippen LogP contribution in [0.1, 0.15) is 19.8 Å². The number of nitrogens with two attached hydrogens (primary N) is 1. The fourth-order valence-corrected chi connectivity index (χ4v) is 3.86. The van der Waals surface area contributed by atoms with Crippen molar-refractivity contribution in [3.8, 4) is 0 Å². The van der Waals surface area contributed by atoms with Crippen molar-refractivity contribution < 1.29 is 14.3 Å². The molecule has 2 fully saturated rings. The molecule has 3 unspecified atom stereocenters. The Kier molecular flexibility index (Phi) is 3.77. The van der Waals surface area contributed by atoms with E-state index >= 15 is 0 Å². The zero-order valence-corrected chi connectivity index (χ0v) is 10.4. The molecule has 0 aromatic rings. The summed E-state index contributed by atoms with van der Waals surface area (Å²) in [6.07, 6.45) is 2.02. The lowest BCUT2D eigenvalue weighted by Gasteiger charge is -2.36. The van der Waals surface area contributed by atoms with E-state index < -0.39 is 0 Å². The molecule has 4 nitrogen and oxygen atoms in total. The molecular weight excluding hydrogens is 226 g/mol. The summed E-state index contributed by atoms with van der Waals surface area (Å²) in [5.74, 6) is 1.55. The van der Waals surface area contributed by atoms with Gasteiger partial charge < -0.3 is 15.2 Å². The molecule has 0 radical (unpaired) electrons. The molecule has 16 heavy (non-hydrogen) atoms. The van der Waals surface area contributed by atoms with E-state index in [1.165, 1.54) is 0 Å². The molecule has 0 saturated carbocycles. The molecule has 2 N–H and O–H groups in total. The van der Waals surface area contributed by atoms with Crippen LogP contribution in [0.25, 0.3) is 0 Å². The van der Waals surface area contributed by atoms with Crippen molar-refractivity contribution in [1.29, 1.82) is 0 Å². The Morgan fingerprint density at radius 1 is 1.69 bits per heavy atom. The third-order valence-corrected chi connectivity index (χ3v) is 4.60. The van der Waals surface area contributed by atoms with Crippen LogP contribution in [-0.4, -0.2) is 42.3 Å². The Morgan fingerprint density at radius 2 is 2.50 bits per heavy atom. The summed E-state index contributed by atoms with van der Waals surface area (Å²) in [6, 6.07) is -0.210. The molecule has 0 aliphatic carbocycles. The fourth-order valence-electron chi connectivity index (χ4n) is 2.61.